The van der Waals surface area contributed by atoms with Gasteiger partial charge < -0.3 is 10.1 Å². The second-order valence-corrected chi connectivity index (χ2v) is 10.4. The van der Waals surface area contributed by atoms with E-state index in [2.05, 4.69) is 24.4 Å². The summed E-state index contributed by atoms with van der Waals surface area (Å²) in [4.78, 5) is 12.5. The van der Waals surface area contributed by atoms with Crippen LogP contribution in [0.1, 0.15) is 37.3 Å². The van der Waals surface area contributed by atoms with Gasteiger partial charge in [-0.1, -0.05) is 55.3 Å². The number of nitrogens with zero attached hydrogens (tertiary/aromatic N) is 1. The normalized spacial score (nSPS) is 15.4. The van der Waals surface area contributed by atoms with E-state index in [0.717, 1.165) is 18.6 Å². The Morgan fingerprint density at radius 3 is 2.47 bits per heavy atom. The average Bonchev–Trinajstić information content (AvgIpc) is 2.79. The number of carbonyl (C=O) groups is 1. The van der Waals surface area contributed by atoms with E-state index in [4.69, 9.17) is 16.3 Å². The van der Waals surface area contributed by atoms with E-state index in [1.807, 2.05) is 12.1 Å². The predicted octanol–water partition coefficient (Wildman–Crippen LogP) is 4.03. The third-order valence-corrected chi connectivity index (χ3v) is 7.84. The van der Waals surface area contributed by atoms with E-state index in [0.29, 0.717) is 49.7 Å². The molecule has 1 saturated heterocycles. The van der Waals surface area contributed by atoms with Crippen LogP contribution in [0.3, 0.4) is 0 Å². The number of halogens is 1. The van der Waals surface area contributed by atoms with Crippen molar-refractivity contribution in [3.05, 3.63) is 64.7 Å². The third kappa shape index (κ3) is 6.95. The van der Waals surface area contributed by atoms with Gasteiger partial charge in [-0.3, -0.25) is 4.79 Å². The minimum Gasteiger partial charge on any atom is -0.492 e. The number of carbonyl (C=O) groups excluding carboxylic acids is 1. The predicted molar refractivity (Wildman–Crippen MR) is 127 cm³/mol. The van der Waals surface area contributed by atoms with Crippen molar-refractivity contribution in [2.45, 2.75) is 38.4 Å². The van der Waals surface area contributed by atoms with Gasteiger partial charge in [0.15, 0.2) is 0 Å². The SMILES string of the molecule is CCCc1ccc(OCCNC(=O)C2CCN(S(=O)(=O)Cc3ccccc3Cl)CC2)cc1. The number of hydrogen-bond acceptors (Lipinski definition) is 4. The topological polar surface area (TPSA) is 75.7 Å². The van der Waals surface area contributed by atoms with Gasteiger partial charge in [0, 0.05) is 24.0 Å². The highest BCUT2D eigenvalue weighted by Crippen LogP contribution is 2.24. The quantitative estimate of drug-likeness (QED) is 0.523. The molecule has 1 amide bonds. The van der Waals surface area contributed by atoms with Crippen molar-refractivity contribution >= 4 is 27.5 Å². The van der Waals surface area contributed by atoms with Gasteiger partial charge in [-0.15, -0.1) is 0 Å². The number of ether oxygens (including phenoxy) is 1. The molecule has 1 N–H and O–H groups in total. The second-order valence-electron chi connectivity index (χ2n) is 8.05. The van der Waals surface area contributed by atoms with Crippen molar-refractivity contribution in [1.29, 1.82) is 0 Å². The van der Waals surface area contributed by atoms with Gasteiger partial charge in [-0.25, -0.2) is 12.7 Å². The number of sulfonamides is 1. The van der Waals surface area contributed by atoms with Crippen LogP contribution in [-0.2, 0) is 27.0 Å². The number of benzene rings is 2. The maximum Gasteiger partial charge on any atom is 0.223 e. The van der Waals surface area contributed by atoms with Gasteiger partial charge in [-0.2, -0.15) is 0 Å². The highest BCUT2D eigenvalue weighted by molar-refractivity contribution is 7.88. The Labute approximate surface area is 196 Å². The van der Waals surface area contributed by atoms with Gasteiger partial charge >= 0.3 is 0 Å². The van der Waals surface area contributed by atoms with Crippen LogP contribution in [0.15, 0.2) is 48.5 Å². The van der Waals surface area contributed by atoms with Crippen LogP contribution in [0.2, 0.25) is 5.02 Å². The lowest BCUT2D eigenvalue weighted by atomic mass is 9.97. The van der Waals surface area contributed by atoms with E-state index in [9.17, 15) is 13.2 Å². The molecule has 6 nitrogen and oxygen atoms in total. The summed E-state index contributed by atoms with van der Waals surface area (Å²) in [6, 6.07) is 15.0. The zero-order chi connectivity index (χ0) is 23.0. The van der Waals surface area contributed by atoms with Gasteiger partial charge in [0.1, 0.15) is 12.4 Å². The van der Waals surface area contributed by atoms with Crippen LogP contribution in [0.4, 0.5) is 0 Å². The summed E-state index contributed by atoms with van der Waals surface area (Å²) in [7, 11) is -3.47. The molecule has 174 valence electrons. The van der Waals surface area contributed by atoms with Gasteiger partial charge in [0.25, 0.3) is 0 Å². The van der Waals surface area contributed by atoms with Crippen molar-refractivity contribution in [1.82, 2.24) is 9.62 Å². The number of amides is 1. The highest BCUT2D eigenvalue weighted by Gasteiger charge is 2.31. The molecule has 2 aromatic rings. The lowest BCUT2D eigenvalue weighted by Gasteiger charge is -2.30. The molecule has 1 aliphatic rings. The largest absolute Gasteiger partial charge is 0.492 e. The standard InChI is InChI=1S/C24H31ClN2O4S/c1-2-5-19-8-10-22(11-9-19)31-17-14-26-24(28)20-12-15-27(16-13-20)32(29,30)18-21-6-3-4-7-23(21)25/h3-4,6-11,20H,2,5,12-18H2,1H3,(H,26,28). The van der Waals surface area contributed by atoms with E-state index in [1.54, 1.807) is 24.3 Å². The molecule has 0 bridgehead atoms. The van der Waals surface area contributed by atoms with Crippen LogP contribution in [0, 0.1) is 5.92 Å². The molecule has 0 atom stereocenters. The molecule has 0 unspecified atom stereocenters. The summed E-state index contributed by atoms with van der Waals surface area (Å²) in [6.07, 6.45) is 3.18. The van der Waals surface area contributed by atoms with E-state index in [-0.39, 0.29) is 17.6 Å². The molecule has 32 heavy (non-hydrogen) atoms. The van der Waals surface area contributed by atoms with Crippen molar-refractivity contribution < 1.29 is 17.9 Å². The molecule has 3 rings (SSSR count). The molecule has 1 aliphatic heterocycles. The summed E-state index contributed by atoms with van der Waals surface area (Å²) in [5.74, 6) is 0.432. The maximum atomic E-state index is 12.7. The van der Waals surface area contributed by atoms with E-state index < -0.39 is 10.0 Å². The number of piperidine rings is 1. The fraction of sp³-hybridized carbons (Fsp3) is 0.458. The van der Waals surface area contributed by atoms with Crippen LogP contribution < -0.4 is 10.1 Å². The smallest absolute Gasteiger partial charge is 0.223 e. The average molecular weight is 479 g/mol. The molecular formula is C24H31ClN2O4S. The number of hydrogen-bond donors (Lipinski definition) is 1. The number of aryl methyl sites for hydroxylation is 1. The molecule has 0 spiro atoms. The third-order valence-electron chi connectivity index (χ3n) is 5.65. The van der Waals surface area contributed by atoms with Crippen LogP contribution in [-0.4, -0.2) is 44.9 Å². The Bertz CT molecular complexity index is 987. The summed E-state index contributed by atoms with van der Waals surface area (Å²) in [6.45, 7) is 3.64. The van der Waals surface area contributed by atoms with Gasteiger partial charge in [0.05, 0.1) is 12.3 Å². The maximum absolute atomic E-state index is 12.7. The number of rotatable bonds is 10. The minimum atomic E-state index is -3.47. The minimum absolute atomic E-state index is 0.0463. The van der Waals surface area contributed by atoms with Crippen LogP contribution in [0.5, 0.6) is 5.75 Å². The Kier molecular flexibility index (Phi) is 8.96. The van der Waals surface area contributed by atoms with Crippen molar-refractivity contribution in [3.8, 4) is 5.75 Å². The molecule has 1 fully saturated rings. The molecular weight excluding hydrogens is 448 g/mol. The Balaban J connectivity index is 1.39. The van der Waals surface area contributed by atoms with Crippen molar-refractivity contribution in [3.63, 3.8) is 0 Å². The Morgan fingerprint density at radius 1 is 1.12 bits per heavy atom. The lowest BCUT2D eigenvalue weighted by Crippen LogP contribution is -2.43. The first-order chi connectivity index (χ1) is 15.4. The second kappa shape index (κ2) is 11.7. The first-order valence-electron chi connectivity index (χ1n) is 11.1. The van der Waals surface area contributed by atoms with E-state index >= 15 is 0 Å². The van der Waals surface area contributed by atoms with Crippen molar-refractivity contribution in [2.24, 2.45) is 5.92 Å². The first-order valence-corrected chi connectivity index (χ1v) is 13.1. The highest BCUT2D eigenvalue weighted by atomic mass is 35.5. The molecule has 1 heterocycles. The Morgan fingerprint density at radius 2 is 1.81 bits per heavy atom. The summed E-state index contributed by atoms with van der Waals surface area (Å²) < 4.78 is 32.6. The molecule has 0 saturated carbocycles. The van der Waals surface area contributed by atoms with Gasteiger partial charge in [0.2, 0.25) is 15.9 Å². The fourth-order valence-corrected chi connectivity index (χ4v) is 5.70. The molecule has 0 aliphatic carbocycles. The molecule has 8 heteroatoms. The summed E-state index contributed by atoms with van der Waals surface area (Å²) >= 11 is 6.11. The number of nitrogens with one attached hydrogen (secondary N) is 1. The van der Waals surface area contributed by atoms with E-state index in [1.165, 1.54) is 9.87 Å². The molecule has 0 aromatic heterocycles. The monoisotopic (exact) mass is 478 g/mol. The van der Waals surface area contributed by atoms with Gasteiger partial charge in [-0.05, 0) is 48.6 Å². The van der Waals surface area contributed by atoms with Crippen LogP contribution in [0.25, 0.3) is 0 Å². The fourth-order valence-electron chi connectivity index (χ4n) is 3.83. The Hall–Kier alpha value is -2.09. The zero-order valence-corrected chi connectivity index (χ0v) is 20.0. The zero-order valence-electron chi connectivity index (χ0n) is 18.4. The molecule has 0 radical (unpaired) electrons. The van der Waals surface area contributed by atoms with Crippen LogP contribution >= 0.6 is 11.6 Å². The summed E-state index contributed by atoms with van der Waals surface area (Å²) in [5, 5.41) is 3.35. The van der Waals surface area contributed by atoms with Crippen molar-refractivity contribution in [2.75, 3.05) is 26.2 Å². The molecule has 2 aromatic carbocycles. The lowest BCUT2D eigenvalue weighted by molar-refractivity contribution is -0.126. The first kappa shape index (κ1) is 24.6. The summed E-state index contributed by atoms with van der Waals surface area (Å²) in [5.41, 5.74) is 1.88.